The van der Waals surface area contributed by atoms with Crippen molar-refractivity contribution < 1.29 is 21.6 Å². The lowest BCUT2D eigenvalue weighted by atomic mass is 10.1. The molecule has 3 N–H and O–H groups in total. The molecule has 0 aliphatic carbocycles. The van der Waals surface area contributed by atoms with Crippen LogP contribution in [0.3, 0.4) is 0 Å². The van der Waals surface area contributed by atoms with Gasteiger partial charge in [-0.3, -0.25) is 4.99 Å². The van der Waals surface area contributed by atoms with Gasteiger partial charge in [-0.2, -0.15) is 17.5 Å². The number of H-pyrrole nitrogens is 1. The van der Waals surface area contributed by atoms with Crippen LogP contribution in [0.15, 0.2) is 29.3 Å². The van der Waals surface area contributed by atoms with Gasteiger partial charge >= 0.3 is 15.5 Å². The first-order valence-corrected chi connectivity index (χ1v) is 10.6. The standard InChI is InChI=1S/C17H23F3N6O2S/c1-21-16(22-9-6-15-24-13-4-2-3-5-14(13)25-15)23-12-7-10-26(11-8-12)29(27,28)17(18,19)20/h2-5,12H,6-11H2,1H3,(H,24,25)(H2,21,22,23). The lowest BCUT2D eigenvalue weighted by Crippen LogP contribution is -2.51. The minimum atomic E-state index is -5.26. The molecule has 2 heterocycles. The van der Waals surface area contributed by atoms with Crippen LogP contribution in [0, 0.1) is 0 Å². The molecular weight excluding hydrogens is 409 g/mol. The Bertz CT molecular complexity index is 932. The van der Waals surface area contributed by atoms with Crippen molar-refractivity contribution in [2.24, 2.45) is 4.99 Å². The molecule has 0 saturated carbocycles. The normalized spacial score (nSPS) is 17.6. The Labute approximate surface area is 166 Å². The van der Waals surface area contributed by atoms with Crippen LogP contribution in [0.4, 0.5) is 13.2 Å². The third-order valence-corrected chi connectivity index (χ3v) is 6.37. The molecule has 8 nitrogen and oxygen atoms in total. The van der Waals surface area contributed by atoms with Gasteiger partial charge in [-0.1, -0.05) is 12.1 Å². The number of fused-ring (bicyclic) bond motifs is 1. The maximum absolute atomic E-state index is 12.6. The van der Waals surface area contributed by atoms with Crippen LogP contribution in [0.2, 0.25) is 0 Å². The summed E-state index contributed by atoms with van der Waals surface area (Å²) in [5.74, 6) is 1.35. The average Bonchev–Trinajstić information content (AvgIpc) is 3.09. The van der Waals surface area contributed by atoms with Crippen molar-refractivity contribution in [2.45, 2.75) is 30.8 Å². The number of sulfonamides is 1. The van der Waals surface area contributed by atoms with Gasteiger partial charge in [0.25, 0.3) is 0 Å². The molecule has 0 radical (unpaired) electrons. The van der Waals surface area contributed by atoms with E-state index in [1.165, 1.54) is 0 Å². The Morgan fingerprint density at radius 1 is 1.31 bits per heavy atom. The SMILES string of the molecule is CN=C(NCCc1nc2ccccc2[nH]1)NC1CCN(S(=O)(=O)C(F)(F)F)CC1. The number of halogens is 3. The van der Waals surface area contributed by atoms with Gasteiger partial charge in [0.15, 0.2) is 5.96 Å². The van der Waals surface area contributed by atoms with Crippen molar-refractivity contribution in [3.05, 3.63) is 30.1 Å². The van der Waals surface area contributed by atoms with Crippen molar-refractivity contribution >= 4 is 27.0 Å². The first-order chi connectivity index (χ1) is 13.7. The molecule has 29 heavy (non-hydrogen) atoms. The lowest BCUT2D eigenvalue weighted by molar-refractivity contribution is -0.0494. The fourth-order valence-corrected chi connectivity index (χ4v) is 4.18. The van der Waals surface area contributed by atoms with Gasteiger partial charge in [0.05, 0.1) is 11.0 Å². The highest BCUT2D eigenvalue weighted by Crippen LogP contribution is 2.28. The van der Waals surface area contributed by atoms with E-state index in [0.29, 0.717) is 23.2 Å². The van der Waals surface area contributed by atoms with E-state index in [0.717, 1.165) is 16.9 Å². The van der Waals surface area contributed by atoms with E-state index >= 15 is 0 Å². The van der Waals surface area contributed by atoms with Gasteiger partial charge in [-0.05, 0) is 25.0 Å². The number of hydrogen-bond donors (Lipinski definition) is 3. The number of aromatic amines is 1. The first-order valence-electron chi connectivity index (χ1n) is 9.18. The zero-order chi connectivity index (χ0) is 21.1. The molecule has 12 heteroatoms. The number of nitrogens with one attached hydrogen (secondary N) is 3. The lowest BCUT2D eigenvalue weighted by Gasteiger charge is -2.32. The minimum absolute atomic E-state index is 0.160. The Kier molecular flexibility index (Phi) is 6.32. The fraction of sp³-hybridized carbons (Fsp3) is 0.529. The van der Waals surface area contributed by atoms with Crippen molar-refractivity contribution in [2.75, 3.05) is 26.7 Å². The Morgan fingerprint density at radius 3 is 2.62 bits per heavy atom. The number of benzene rings is 1. The second-order valence-electron chi connectivity index (χ2n) is 6.72. The zero-order valence-electron chi connectivity index (χ0n) is 15.8. The number of aromatic nitrogens is 2. The molecule has 1 fully saturated rings. The molecule has 1 aliphatic rings. The summed E-state index contributed by atoms with van der Waals surface area (Å²) in [5, 5.41) is 6.28. The van der Waals surface area contributed by atoms with E-state index in [9.17, 15) is 21.6 Å². The van der Waals surface area contributed by atoms with Gasteiger partial charge in [0.2, 0.25) is 0 Å². The van der Waals surface area contributed by atoms with Crippen LogP contribution < -0.4 is 10.6 Å². The van der Waals surface area contributed by atoms with Crippen molar-refractivity contribution in [1.29, 1.82) is 0 Å². The summed E-state index contributed by atoms with van der Waals surface area (Å²) in [5.41, 5.74) is -3.40. The highest BCUT2D eigenvalue weighted by molar-refractivity contribution is 7.90. The van der Waals surface area contributed by atoms with E-state index < -0.39 is 15.5 Å². The van der Waals surface area contributed by atoms with Gasteiger partial charge in [0.1, 0.15) is 5.82 Å². The van der Waals surface area contributed by atoms with E-state index in [-0.39, 0.29) is 32.0 Å². The summed E-state index contributed by atoms with van der Waals surface area (Å²) in [6.45, 7) is 0.186. The predicted molar refractivity (Wildman–Crippen MR) is 104 cm³/mol. The molecule has 0 spiro atoms. The third-order valence-electron chi connectivity index (χ3n) is 4.74. The number of hydrogen-bond acceptors (Lipinski definition) is 4. The molecule has 1 aromatic heterocycles. The number of alkyl halides is 3. The minimum Gasteiger partial charge on any atom is -0.356 e. The molecule has 3 rings (SSSR count). The molecule has 0 atom stereocenters. The molecule has 0 amide bonds. The topological polar surface area (TPSA) is 102 Å². The summed E-state index contributed by atoms with van der Waals surface area (Å²) in [7, 11) is -3.67. The Hall–Kier alpha value is -2.34. The second-order valence-corrected chi connectivity index (χ2v) is 8.65. The van der Waals surface area contributed by atoms with Crippen LogP contribution in [-0.4, -0.2) is 66.9 Å². The number of imidazole rings is 1. The largest absolute Gasteiger partial charge is 0.511 e. The van der Waals surface area contributed by atoms with E-state index in [1.54, 1.807) is 7.05 Å². The number of para-hydroxylation sites is 2. The number of aliphatic imine (C=N–C) groups is 1. The number of rotatable bonds is 5. The summed E-state index contributed by atoms with van der Waals surface area (Å²) >= 11 is 0. The number of piperidine rings is 1. The maximum Gasteiger partial charge on any atom is 0.511 e. The van der Waals surface area contributed by atoms with Crippen LogP contribution in [-0.2, 0) is 16.4 Å². The van der Waals surface area contributed by atoms with E-state index in [1.807, 2.05) is 24.3 Å². The molecule has 1 saturated heterocycles. The molecule has 2 aromatic rings. The second kappa shape index (κ2) is 8.57. The average molecular weight is 432 g/mol. The first kappa shape index (κ1) is 21.4. The van der Waals surface area contributed by atoms with E-state index in [4.69, 9.17) is 0 Å². The Balaban J connectivity index is 1.46. The van der Waals surface area contributed by atoms with Crippen LogP contribution in [0.5, 0.6) is 0 Å². The summed E-state index contributed by atoms with van der Waals surface area (Å²) < 4.78 is 61.4. The fourth-order valence-electron chi connectivity index (χ4n) is 3.20. The van der Waals surface area contributed by atoms with E-state index in [2.05, 4.69) is 25.6 Å². The van der Waals surface area contributed by atoms with Crippen LogP contribution in [0.25, 0.3) is 11.0 Å². The smallest absolute Gasteiger partial charge is 0.356 e. The summed E-state index contributed by atoms with van der Waals surface area (Å²) in [6, 6.07) is 7.56. The number of guanidine groups is 1. The van der Waals surface area contributed by atoms with Crippen molar-refractivity contribution in [3.63, 3.8) is 0 Å². The zero-order valence-corrected chi connectivity index (χ0v) is 16.6. The summed E-state index contributed by atoms with van der Waals surface area (Å²) in [4.78, 5) is 11.8. The predicted octanol–water partition coefficient (Wildman–Crippen LogP) is 1.58. The molecule has 1 aliphatic heterocycles. The monoisotopic (exact) mass is 432 g/mol. The molecule has 0 bridgehead atoms. The third kappa shape index (κ3) is 4.99. The molecule has 1 aromatic carbocycles. The maximum atomic E-state index is 12.6. The number of nitrogens with zero attached hydrogens (tertiary/aromatic N) is 3. The van der Waals surface area contributed by atoms with Gasteiger partial charge in [-0.25, -0.2) is 13.4 Å². The van der Waals surface area contributed by atoms with Crippen molar-refractivity contribution in [3.8, 4) is 0 Å². The van der Waals surface area contributed by atoms with Gasteiger partial charge in [0, 0.05) is 39.1 Å². The molecule has 160 valence electrons. The highest BCUT2D eigenvalue weighted by atomic mass is 32.2. The van der Waals surface area contributed by atoms with Crippen LogP contribution in [0.1, 0.15) is 18.7 Å². The van der Waals surface area contributed by atoms with Crippen LogP contribution >= 0.6 is 0 Å². The molecule has 0 unspecified atom stereocenters. The van der Waals surface area contributed by atoms with Gasteiger partial charge in [-0.15, -0.1) is 0 Å². The quantitative estimate of drug-likeness (QED) is 0.492. The molecular formula is C17H23F3N6O2S. The van der Waals surface area contributed by atoms with Gasteiger partial charge < -0.3 is 15.6 Å². The highest BCUT2D eigenvalue weighted by Gasteiger charge is 2.50. The Morgan fingerprint density at radius 2 is 2.00 bits per heavy atom. The summed E-state index contributed by atoms with van der Waals surface area (Å²) in [6.07, 6.45) is 1.16. The van der Waals surface area contributed by atoms with Crippen molar-refractivity contribution in [1.82, 2.24) is 24.9 Å².